The molecule has 0 aliphatic carbocycles. The van der Waals surface area contributed by atoms with Crippen LogP contribution < -0.4 is 19.1 Å². The molecule has 0 radical (unpaired) electrons. The number of hydrogen-bond donors (Lipinski definition) is 0. The third-order valence-electron chi connectivity index (χ3n) is 12.0. The van der Waals surface area contributed by atoms with Gasteiger partial charge in [0, 0.05) is 32.2 Å². The van der Waals surface area contributed by atoms with Gasteiger partial charge in [-0.15, -0.1) is 0 Å². The molecule has 1 amide bonds. The van der Waals surface area contributed by atoms with Crippen molar-refractivity contribution in [2.24, 2.45) is 0 Å². The number of hydrogen-bond acceptors (Lipinski definition) is 11. The Hall–Kier alpha value is -4.56. The molecule has 2 aromatic carbocycles. The Morgan fingerprint density at radius 2 is 1.93 bits per heavy atom. The van der Waals surface area contributed by atoms with Gasteiger partial charge in [0.15, 0.2) is 12.6 Å². The Morgan fingerprint density at radius 1 is 1.07 bits per heavy atom. The lowest BCUT2D eigenvalue weighted by atomic mass is 9.94. The average Bonchev–Trinajstić information content (AvgIpc) is 3.76. The summed E-state index contributed by atoms with van der Waals surface area (Å²) in [6, 6.07) is 8.94. The van der Waals surface area contributed by atoms with Crippen molar-refractivity contribution in [1.82, 2.24) is 24.8 Å². The lowest BCUT2D eigenvalue weighted by Gasteiger charge is -2.46. The average molecular weight is 759 g/mol. The van der Waals surface area contributed by atoms with Crippen molar-refractivity contribution >= 4 is 33.6 Å². The molecule has 292 valence electrons. The fourth-order valence-corrected chi connectivity index (χ4v) is 9.72. The number of carbonyl (C=O) groups excluding carboxylic acids is 1. The maximum Gasteiger partial charge on any atom is 0.410 e. The quantitative estimate of drug-likeness (QED) is 0.176. The molecular weight excluding hydrogens is 710 g/mol. The first kappa shape index (κ1) is 36.1. The number of benzene rings is 2. The van der Waals surface area contributed by atoms with E-state index in [1.165, 1.54) is 0 Å². The Bertz CT molecular complexity index is 2170. The van der Waals surface area contributed by atoms with Gasteiger partial charge >= 0.3 is 12.1 Å². The van der Waals surface area contributed by atoms with Crippen LogP contribution in [0.2, 0.25) is 0 Å². The summed E-state index contributed by atoms with van der Waals surface area (Å²) in [5.74, 6) is 0.495. The minimum absolute atomic E-state index is 0.00638. The second-order valence-electron chi connectivity index (χ2n) is 16.6. The van der Waals surface area contributed by atoms with Gasteiger partial charge in [0.2, 0.25) is 5.88 Å². The first-order chi connectivity index (χ1) is 26.5. The van der Waals surface area contributed by atoms with Gasteiger partial charge in [0.1, 0.15) is 53.2 Å². The van der Waals surface area contributed by atoms with E-state index in [4.69, 9.17) is 38.6 Å². The molecule has 14 heteroatoms. The highest BCUT2D eigenvalue weighted by atomic mass is 19.1. The van der Waals surface area contributed by atoms with Gasteiger partial charge in [-0.25, -0.2) is 18.6 Å². The van der Waals surface area contributed by atoms with Crippen molar-refractivity contribution in [1.29, 1.82) is 0 Å². The van der Waals surface area contributed by atoms with E-state index in [1.807, 2.05) is 49.9 Å². The molecule has 55 heavy (non-hydrogen) atoms. The van der Waals surface area contributed by atoms with E-state index in [0.29, 0.717) is 48.4 Å². The number of aromatic nitrogens is 3. The Balaban J connectivity index is 1.20. The van der Waals surface area contributed by atoms with Gasteiger partial charge in [-0.2, -0.15) is 9.97 Å². The van der Waals surface area contributed by atoms with Gasteiger partial charge in [0.25, 0.3) is 0 Å². The third-order valence-corrected chi connectivity index (χ3v) is 12.0. The molecule has 5 atom stereocenters. The number of pyridine rings is 1. The van der Waals surface area contributed by atoms with Crippen molar-refractivity contribution in [2.45, 2.75) is 102 Å². The first-order valence-electron chi connectivity index (χ1n) is 19.5. The molecule has 5 aliphatic rings. The summed E-state index contributed by atoms with van der Waals surface area (Å²) in [7, 11) is 1.54. The number of carbonyl (C=O) groups is 1. The number of anilines is 1. The molecule has 2 bridgehead atoms. The molecule has 4 aromatic rings. The van der Waals surface area contributed by atoms with E-state index in [1.54, 1.807) is 13.2 Å². The Kier molecular flexibility index (Phi) is 8.91. The maximum atomic E-state index is 17.6. The van der Waals surface area contributed by atoms with Crippen molar-refractivity contribution in [3.05, 3.63) is 41.7 Å². The number of fused-ring (bicyclic) bond motifs is 7. The van der Waals surface area contributed by atoms with Crippen LogP contribution in [0, 0.1) is 5.82 Å². The normalized spacial score (nSPS) is 25.9. The Labute approximate surface area is 319 Å². The summed E-state index contributed by atoms with van der Waals surface area (Å²) in [6.07, 6.45) is 3.08. The van der Waals surface area contributed by atoms with Crippen molar-refractivity contribution in [3.63, 3.8) is 0 Å². The summed E-state index contributed by atoms with van der Waals surface area (Å²) in [4.78, 5) is 34.4. The zero-order valence-corrected chi connectivity index (χ0v) is 32.1. The number of nitrogens with zero attached hydrogens (tertiary/aromatic N) is 6. The number of aryl methyl sites for hydroxylation is 1. The highest BCUT2D eigenvalue weighted by molar-refractivity contribution is 6.03. The van der Waals surface area contributed by atoms with Crippen LogP contribution in [-0.2, 0) is 15.9 Å². The van der Waals surface area contributed by atoms with Gasteiger partial charge < -0.3 is 28.6 Å². The van der Waals surface area contributed by atoms with Crippen LogP contribution in [0.25, 0.3) is 32.9 Å². The molecule has 0 N–H and O–H groups in total. The lowest BCUT2D eigenvalue weighted by molar-refractivity contribution is 0.00537. The van der Waals surface area contributed by atoms with Crippen molar-refractivity contribution in [3.8, 4) is 28.9 Å². The molecule has 2 aromatic heterocycles. The monoisotopic (exact) mass is 758 g/mol. The minimum atomic E-state index is -0.930. The van der Waals surface area contributed by atoms with E-state index >= 15 is 4.39 Å². The molecule has 0 saturated carbocycles. The van der Waals surface area contributed by atoms with E-state index in [0.717, 1.165) is 48.6 Å². The molecule has 5 aliphatic heterocycles. The summed E-state index contributed by atoms with van der Waals surface area (Å²) in [6.45, 7) is 9.64. The van der Waals surface area contributed by atoms with Crippen LogP contribution in [0.1, 0.15) is 65.4 Å². The molecule has 4 fully saturated rings. The summed E-state index contributed by atoms with van der Waals surface area (Å²) in [5, 5.41) is 2.05. The van der Waals surface area contributed by atoms with Gasteiger partial charge in [-0.05, 0) is 87.9 Å². The standard InChI is InChI=1S/C41H48F2N6O6/c1-6-23-9-7-10-24-15-27(54-22-51-5)16-28(31(23)24)34-33(43)35-32-36(46-38(45-35)53-21-41-13-8-14-47(41)18-25(42)17-41)48-19-26-11-12-29(30(48)20-52-37(32)44-34)49(26)39(50)55-40(2,3)4/h7,9-10,15-16,25-26,29-30H,6,8,11-14,17-22H2,1-5H3/t25-,26-,29+,30-,41?/m1/s1. The number of ether oxygens (including phenoxy) is 5. The van der Waals surface area contributed by atoms with Crippen molar-refractivity contribution in [2.75, 3.05) is 51.7 Å². The van der Waals surface area contributed by atoms with Crippen LogP contribution in [-0.4, -0.2) is 113 Å². The second-order valence-corrected chi connectivity index (χ2v) is 16.6. The molecule has 12 nitrogen and oxygen atoms in total. The number of piperazine rings is 1. The first-order valence-corrected chi connectivity index (χ1v) is 19.5. The van der Waals surface area contributed by atoms with Gasteiger partial charge in [0.05, 0.1) is 23.7 Å². The third kappa shape index (κ3) is 6.16. The zero-order valence-electron chi connectivity index (χ0n) is 32.1. The van der Waals surface area contributed by atoms with Crippen molar-refractivity contribution < 1.29 is 37.3 Å². The minimum Gasteiger partial charge on any atom is -0.475 e. The van der Waals surface area contributed by atoms with Gasteiger partial charge in [-0.3, -0.25) is 9.80 Å². The van der Waals surface area contributed by atoms with Crippen LogP contribution >= 0.6 is 0 Å². The smallest absolute Gasteiger partial charge is 0.410 e. The topological polar surface area (TPSA) is 112 Å². The predicted molar refractivity (Wildman–Crippen MR) is 202 cm³/mol. The fraction of sp³-hybridized carbons (Fsp3) is 0.561. The Morgan fingerprint density at radius 3 is 2.73 bits per heavy atom. The molecule has 9 rings (SSSR count). The number of amides is 1. The molecule has 4 saturated heterocycles. The predicted octanol–water partition coefficient (Wildman–Crippen LogP) is 6.83. The van der Waals surface area contributed by atoms with E-state index in [9.17, 15) is 9.18 Å². The number of halogens is 2. The summed E-state index contributed by atoms with van der Waals surface area (Å²) < 4.78 is 62.3. The molecule has 1 unspecified atom stereocenters. The number of rotatable bonds is 8. The number of alkyl halides is 1. The number of methoxy groups -OCH3 is 1. The van der Waals surface area contributed by atoms with Crippen LogP contribution in [0.15, 0.2) is 30.3 Å². The van der Waals surface area contributed by atoms with Crippen LogP contribution in [0.4, 0.5) is 19.4 Å². The molecular formula is C41H48F2N6O6. The highest BCUT2D eigenvalue weighted by Crippen LogP contribution is 2.47. The van der Waals surface area contributed by atoms with Crippen LogP contribution in [0.3, 0.4) is 0 Å². The highest BCUT2D eigenvalue weighted by Gasteiger charge is 2.52. The maximum absolute atomic E-state index is 17.6. The van der Waals surface area contributed by atoms with Crippen LogP contribution in [0.5, 0.6) is 17.6 Å². The molecule has 7 heterocycles. The summed E-state index contributed by atoms with van der Waals surface area (Å²) in [5.41, 5.74) is 0.506. The SMILES string of the molecule is CCc1cccc2cc(OCOC)cc(-c3nc4c5c(nc(OCC67CCCN6C[C@H](F)C7)nc5c3F)N3C[C@H]5CC[C@@H]([C@H]3CO4)N5C(=O)OC(C)(C)C)c12. The summed E-state index contributed by atoms with van der Waals surface area (Å²) >= 11 is 0. The second kappa shape index (κ2) is 13.6. The zero-order chi connectivity index (χ0) is 38.2. The fourth-order valence-electron chi connectivity index (χ4n) is 9.72. The lowest BCUT2D eigenvalue weighted by Crippen LogP contribution is -2.63. The van der Waals surface area contributed by atoms with Gasteiger partial charge in [-0.1, -0.05) is 25.1 Å². The van der Waals surface area contributed by atoms with E-state index < -0.39 is 23.1 Å². The molecule has 0 spiro atoms. The van der Waals surface area contributed by atoms with E-state index in [-0.39, 0.29) is 67.3 Å². The van der Waals surface area contributed by atoms with E-state index in [2.05, 4.69) is 16.7 Å². The largest absolute Gasteiger partial charge is 0.475 e.